The van der Waals surface area contributed by atoms with Gasteiger partial charge in [0.1, 0.15) is 34.1 Å². The molecule has 1 amide bonds. The average molecular weight is 518 g/mol. The van der Waals surface area contributed by atoms with Crippen LogP contribution in [0.5, 0.6) is 17.2 Å². The first-order valence-electron chi connectivity index (χ1n) is 12.2. The van der Waals surface area contributed by atoms with Crippen LogP contribution in [0.2, 0.25) is 0 Å². The number of nitrogens with one attached hydrogen (secondary N) is 1. The third-order valence-electron chi connectivity index (χ3n) is 6.41. The van der Waals surface area contributed by atoms with Gasteiger partial charge in [-0.05, 0) is 78.9 Å². The van der Waals surface area contributed by atoms with Crippen molar-refractivity contribution >= 4 is 33.7 Å². The van der Waals surface area contributed by atoms with Gasteiger partial charge >= 0.3 is 0 Å². The van der Waals surface area contributed by atoms with Crippen molar-refractivity contribution < 1.29 is 14.3 Å². The lowest BCUT2D eigenvalue weighted by Gasteiger charge is -2.13. The first kappa shape index (κ1) is 23.9. The number of hydrogen-bond donors (Lipinski definition) is 1. The number of fused-ring (bicyclic) bond motifs is 2. The molecular weight excluding hydrogens is 494 g/mol. The number of pyridine rings is 3. The molecule has 39 heavy (non-hydrogen) atoms. The van der Waals surface area contributed by atoms with E-state index >= 15 is 0 Å². The molecule has 0 saturated heterocycles. The van der Waals surface area contributed by atoms with Crippen molar-refractivity contribution in [3.05, 3.63) is 113 Å². The smallest absolute Gasteiger partial charge is 0.269 e. The van der Waals surface area contributed by atoms with Crippen LogP contribution in [-0.2, 0) is 7.05 Å². The molecule has 6 aromatic rings. The van der Waals surface area contributed by atoms with Gasteiger partial charge in [0.2, 0.25) is 0 Å². The summed E-state index contributed by atoms with van der Waals surface area (Å²) in [5.41, 5.74) is 1.89. The second-order valence-corrected chi connectivity index (χ2v) is 8.87. The molecule has 0 atom stereocenters. The largest absolute Gasteiger partial charge is 0.497 e. The number of carbonyl (C=O) groups is 1. The van der Waals surface area contributed by atoms with Gasteiger partial charge in [0, 0.05) is 36.7 Å². The normalized spacial score (nSPS) is 11.0. The molecule has 9 nitrogen and oxygen atoms in total. The van der Waals surface area contributed by atoms with Gasteiger partial charge in [-0.3, -0.25) is 14.2 Å². The van der Waals surface area contributed by atoms with Crippen LogP contribution in [0.15, 0.2) is 102 Å². The van der Waals surface area contributed by atoms with Crippen LogP contribution in [0, 0.1) is 0 Å². The zero-order valence-corrected chi connectivity index (χ0v) is 21.2. The first-order chi connectivity index (χ1) is 19.0. The number of aryl methyl sites for hydroxylation is 1. The van der Waals surface area contributed by atoms with Crippen LogP contribution in [0.4, 0.5) is 5.69 Å². The maximum absolute atomic E-state index is 13.5. The number of amides is 1. The third kappa shape index (κ3) is 4.46. The molecule has 0 unspecified atom stereocenters. The van der Waals surface area contributed by atoms with Gasteiger partial charge in [-0.25, -0.2) is 9.97 Å². The molecule has 6 rings (SSSR count). The number of anilines is 1. The summed E-state index contributed by atoms with van der Waals surface area (Å²) in [7, 11) is 3.50. The summed E-state index contributed by atoms with van der Waals surface area (Å²) in [6.45, 7) is 0. The van der Waals surface area contributed by atoms with Crippen LogP contribution in [0.3, 0.4) is 0 Å². The molecule has 0 radical (unpaired) electrons. The highest BCUT2D eigenvalue weighted by Crippen LogP contribution is 2.30. The van der Waals surface area contributed by atoms with Crippen molar-refractivity contribution in [2.45, 2.75) is 0 Å². The third-order valence-corrected chi connectivity index (χ3v) is 6.41. The van der Waals surface area contributed by atoms with Gasteiger partial charge in [-0.15, -0.1) is 0 Å². The summed E-state index contributed by atoms with van der Waals surface area (Å²) < 4.78 is 14.6. The van der Waals surface area contributed by atoms with Gasteiger partial charge < -0.3 is 19.4 Å². The van der Waals surface area contributed by atoms with Gasteiger partial charge in [0.25, 0.3) is 11.5 Å². The highest BCUT2D eigenvalue weighted by molar-refractivity contribution is 6.05. The number of benzene rings is 2. The zero-order chi connectivity index (χ0) is 26.9. The second kappa shape index (κ2) is 9.79. The molecule has 0 bridgehead atoms. The number of methoxy groups -OCH3 is 1. The Bertz CT molecular complexity index is 1890. The fourth-order valence-electron chi connectivity index (χ4n) is 4.44. The average Bonchev–Trinajstić information content (AvgIpc) is 3.35. The number of aromatic nitrogens is 4. The molecule has 0 aliphatic carbocycles. The fraction of sp³-hybridized carbons (Fsp3) is 0.0667. The maximum Gasteiger partial charge on any atom is 0.269 e. The van der Waals surface area contributed by atoms with Gasteiger partial charge in [-0.2, -0.15) is 0 Å². The second-order valence-electron chi connectivity index (χ2n) is 8.87. The van der Waals surface area contributed by atoms with Crippen molar-refractivity contribution in [1.29, 1.82) is 0 Å². The molecule has 0 fully saturated rings. The van der Waals surface area contributed by atoms with Crippen molar-refractivity contribution in [3.63, 3.8) is 0 Å². The Morgan fingerprint density at radius 3 is 2.38 bits per heavy atom. The van der Waals surface area contributed by atoms with Crippen molar-refractivity contribution in [3.8, 4) is 22.9 Å². The molecule has 4 heterocycles. The minimum atomic E-state index is -0.526. The first-order valence-corrected chi connectivity index (χ1v) is 12.2. The number of nitrogens with zero attached hydrogens (tertiary/aromatic N) is 4. The van der Waals surface area contributed by atoms with Crippen LogP contribution in [0.1, 0.15) is 10.4 Å². The van der Waals surface area contributed by atoms with E-state index in [-0.39, 0.29) is 5.56 Å². The Morgan fingerprint density at radius 1 is 0.872 bits per heavy atom. The SMILES string of the molecule is COc1ccc(-n2c(=O)c(C(=O)Nc3ccc(Oc4ccnc5c4ccn5C)cc3)cc3cccnc32)cc1. The molecule has 192 valence electrons. The quantitative estimate of drug-likeness (QED) is 0.321. The summed E-state index contributed by atoms with van der Waals surface area (Å²) in [6, 6.07) is 22.9. The Hall–Kier alpha value is -5.44. The fourth-order valence-corrected chi connectivity index (χ4v) is 4.44. The minimum absolute atomic E-state index is 0.00472. The van der Waals surface area contributed by atoms with E-state index in [4.69, 9.17) is 9.47 Å². The highest BCUT2D eigenvalue weighted by atomic mass is 16.5. The van der Waals surface area contributed by atoms with E-state index in [0.717, 1.165) is 11.0 Å². The molecule has 0 saturated carbocycles. The molecule has 4 aromatic heterocycles. The topological polar surface area (TPSA) is 100 Å². The lowest BCUT2D eigenvalue weighted by molar-refractivity contribution is 0.102. The molecular formula is C30H23N5O4. The number of carbonyl (C=O) groups excluding carboxylic acids is 1. The lowest BCUT2D eigenvalue weighted by atomic mass is 10.1. The van der Waals surface area contributed by atoms with Crippen LogP contribution >= 0.6 is 0 Å². The minimum Gasteiger partial charge on any atom is -0.497 e. The van der Waals surface area contributed by atoms with E-state index in [1.807, 2.05) is 29.9 Å². The standard InChI is InChI=1S/C30H23N5O4/c1-34-17-14-24-26(13-16-32-28(24)34)39-23-9-5-20(6-10-23)33-29(36)25-18-19-4-3-15-31-27(19)35(30(25)37)21-7-11-22(38-2)12-8-21/h3-18H,1-2H3,(H,33,36). The molecule has 2 aromatic carbocycles. The monoisotopic (exact) mass is 517 g/mol. The number of ether oxygens (including phenoxy) is 2. The number of rotatable bonds is 6. The van der Waals surface area contributed by atoms with E-state index in [0.29, 0.717) is 39.7 Å². The Morgan fingerprint density at radius 2 is 1.62 bits per heavy atom. The van der Waals surface area contributed by atoms with Crippen LogP contribution in [0.25, 0.3) is 27.8 Å². The zero-order valence-electron chi connectivity index (χ0n) is 21.2. The molecule has 1 N–H and O–H groups in total. The predicted molar refractivity (Wildman–Crippen MR) is 149 cm³/mol. The van der Waals surface area contributed by atoms with Crippen molar-refractivity contribution in [1.82, 2.24) is 19.1 Å². The van der Waals surface area contributed by atoms with E-state index in [2.05, 4.69) is 15.3 Å². The van der Waals surface area contributed by atoms with E-state index in [9.17, 15) is 9.59 Å². The summed E-state index contributed by atoms with van der Waals surface area (Å²) >= 11 is 0. The molecule has 0 aliphatic heterocycles. The number of hydrogen-bond acceptors (Lipinski definition) is 6. The summed E-state index contributed by atoms with van der Waals surface area (Å²) in [4.78, 5) is 35.6. The summed E-state index contributed by atoms with van der Waals surface area (Å²) in [6.07, 6.45) is 5.23. The van der Waals surface area contributed by atoms with Crippen LogP contribution < -0.4 is 20.3 Å². The lowest BCUT2D eigenvalue weighted by Crippen LogP contribution is -2.29. The maximum atomic E-state index is 13.5. The summed E-state index contributed by atoms with van der Waals surface area (Å²) in [5, 5.41) is 4.38. The Labute approximate surface area is 222 Å². The summed E-state index contributed by atoms with van der Waals surface area (Å²) in [5.74, 6) is 1.41. The van der Waals surface area contributed by atoms with E-state index in [1.165, 1.54) is 4.57 Å². The van der Waals surface area contributed by atoms with Gasteiger partial charge in [-0.1, -0.05) is 0 Å². The highest BCUT2D eigenvalue weighted by Gasteiger charge is 2.18. The predicted octanol–water partition coefficient (Wildman–Crippen LogP) is 5.33. The molecule has 9 heteroatoms. The van der Waals surface area contributed by atoms with Crippen molar-refractivity contribution in [2.75, 3.05) is 12.4 Å². The Kier molecular flexibility index (Phi) is 6.01. The van der Waals surface area contributed by atoms with E-state index < -0.39 is 11.5 Å². The van der Waals surface area contributed by atoms with Crippen molar-refractivity contribution in [2.24, 2.45) is 7.05 Å². The molecule has 0 spiro atoms. The molecule has 0 aliphatic rings. The van der Waals surface area contributed by atoms with Gasteiger partial charge in [0.15, 0.2) is 0 Å². The Balaban J connectivity index is 1.28. The van der Waals surface area contributed by atoms with E-state index in [1.54, 1.807) is 86.2 Å². The van der Waals surface area contributed by atoms with Crippen LogP contribution in [-0.4, -0.2) is 32.1 Å². The van der Waals surface area contributed by atoms with Gasteiger partial charge in [0.05, 0.1) is 18.2 Å².